The Morgan fingerprint density at radius 1 is 1.12 bits per heavy atom. The first-order valence-corrected chi connectivity index (χ1v) is 5.40. The molecule has 2 rings (SSSR count). The average molecular weight is 234 g/mol. The quantitative estimate of drug-likeness (QED) is 0.810. The minimum atomic E-state index is -2.47. The van der Waals surface area contributed by atoms with E-state index >= 15 is 0 Å². The highest BCUT2D eigenvalue weighted by molar-refractivity contribution is 5.59. The van der Waals surface area contributed by atoms with Crippen LogP contribution in [0.15, 0.2) is 36.7 Å². The largest absolute Gasteiger partial charge is 0.263 e. The van der Waals surface area contributed by atoms with Gasteiger partial charge in [0.1, 0.15) is 0 Å². The van der Waals surface area contributed by atoms with E-state index in [0.717, 1.165) is 17.7 Å². The molecule has 0 amide bonds. The number of hydrogen-bond acceptors (Lipinski definition) is 2. The van der Waals surface area contributed by atoms with E-state index in [1.807, 2.05) is 13.0 Å². The fraction of sp³-hybridized carbons (Fsp3) is 0.231. The van der Waals surface area contributed by atoms with Crippen molar-refractivity contribution in [1.29, 1.82) is 0 Å². The lowest BCUT2D eigenvalue weighted by Gasteiger charge is -2.05. The topological polar surface area (TPSA) is 25.8 Å². The lowest BCUT2D eigenvalue weighted by molar-refractivity contribution is 0.151. The van der Waals surface area contributed by atoms with Crippen LogP contribution in [0.4, 0.5) is 8.78 Å². The van der Waals surface area contributed by atoms with Gasteiger partial charge in [0, 0.05) is 29.2 Å². The van der Waals surface area contributed by atoms with Crippen molar-refractivity contribution in [3.8, 4) is 11.3 Å². The van der Waals surface area contributed by atoms with Gasteiger partial charge in [0.2, 0.25) is 0 Å². The number of rotatable bonds is 3. The van der Waals surface area contributed by atoms with Crippen molar-refractivity contribution in [2.24, 2.45) is 0 Å². The summed E-state index contributed by atoms with van der Waals surface area (Å²) in [6.07, 6.45) is 1.42. The number of aromatic nitrogens is 2. The van der Waals surface area contributed by atoms with Crippen molar-refractivity contribution >= 4 is 0 Å². The minimum absolute atomic E-state index is 0.00939. The van der Waals surface area contributed by atoms with Gasteiger partial charge in [-0.3, -0.25) is 9.97 Å². The van der Waals surface area contributed by atoms with Crippen LogP contribution >= 0.6 is 0 Å². The minimum Gasteiger partial charge on any atom is -0.261 e. The molecule has 0 aliphatic rings. The van der Waals surface area contributed by atoms with E-state index in [4.69, 9.17) is 0 Å². The van der Waals surface area contributed by atoms with Crippen molar-refractivity contribution in [3.63, 3.8) is 0 Å². The van der Waals surface area contributed by atoms with Gasteiger partial charge in [-0.05, 0) is 30.7 Å². The summed E-state index contributed by atoms with van der Waals surface area (Å²) in [4.78, 5) is 8.27. The molecule has 0 unspecified atom stereocenters. The standard InChI is InChI=1S/C13H12F2N2/c1-2-11-7-9(3-5-16-11)12-8-10(13(14)15)4-6-17-12/h3-8,13H,2H2,1H3. The van der Waals surface area contributed by atoms with Crippen molar-refractivity contribution in [1.82, 2.24) is 9.97 Å². The van der Waals surface area contributed by atoms with Crippen LogP contribution in [-0.2, 0) is 6.42 Å². The Kier molecular flexibility index (Phi) is 3.42. The highest BCUT2D eigenvalue weighted by atomic mass is 19.3. The van der Waals surface area contributed by atoms with Crippen LogP contribution in [0, 0.1) is 0 Å². The molecule has 0 radical (unpaired) electrons. The fourth-order valence-electron chi connectivity index (χ4n) is 1.57. The maximum Gasteiger partial charge on any atom is 0.263 e. The van der Waals surface area contributed by atoms with Crippen LogP contribution in [0.5, 0.6) is 0 Å². The van der Waals surface area contributed by atoms with E-state index in [1.54, 1.807) is 12.3 Å². The summed E-state index contributed by atoms with van der Waals surface area (Å²) >= 11 is 0. The van der Waals surface area contributed by atoms with E-state index < -0.39 is 6.43 Å². The number of nitrogens with zero attached hydrogens (tertiary/aromatic N) is 2. The summed E-state index contributed by atoms with van der Waals surface area (Å²) in [5.74, 6) is 0. The van der Waals surface area contributed by atoms with E-state index in [9.17, 15) is 8.78 Å². The normalized spacial score (nSPS) is 10.8. The summed E-state index contributed by atoms with van der Waals surface area (Å²) in [6.45, 7) is 2.00. The zero-order chi connectivity index (χ0) is 12.3. The Morgan fingerprint density at radius 3 is 2.59 bits per heavy atom. The van der Waals surface area contributed by atoms with Gasteiger partial charge in [0.25, 0.3) is 6.43 Å². The van der Waals surface area contributed by atoms with Gasteiger partial charge in [0.05, 0.1) is 5.69 Å². The Hall–Kier alpha value is -1.84. The van der Waals surface area contributed by atoms with Crippen LogP contribution < -0.4 is 0 Å². The molecule has 0 aliphatic heterocycles. The van der Waals surface area contributed by atoms with Gasteiger partial charge >= 0.3 is 0 Å². The molecule has 0 bridgehead atoms. The van der Waals surface area contributed by atoms with Crippen molar-refractivity contribution in [2.75, 3.05) is 0 Å². The van der Waals surface area contributed by atoms with E-state index in [2.05, 4.69) is 9.97 Å². The summed E-state index contributed by atoms with van der Waals surface area (Å²) in [5.41, 5.74) is 2.29. The number of aryl methyl sites for hydroxylation is 1. The first kappa shape index (κ1) is 11.6. The summed E-state index contributed by atoms with van der Waals surface area (Å²) in [6, 6.07) is 6.39. The summed E-state index contributed by atoms with van der Waals surface area (Å²) in [7, 11) is 0. The number of pyridine rings is 2. The zero-order valence-corrected chi connectivity index (χ0v) is 9.40. The van der Waals surface area contributed by atoms with Crippen LogP contribution in [0.1, 0.15) is 24.6 Å². The van der Waals surface area contributed by atoms with Crippen molar-refractivity contribution in [2.45, 2.75) is 19.8 Å². The predicted octanol–water partition coefficient (Wildman–Crippen LogP) is 3.64. The van der Waals surface area contributed by atoms with E-state index in [-0.39, 0.29) is 5.56 Å². The molecule has 0 aromatic carbocycles. The summed E-state index contributed by atoms with van der Waals surface area (Å²) in [5, 5.41) is 0. The molecule has 2 aromatic rings. The van der Waals surface area contributed by atoms with Gasteiger partial charge in [0.15, 0.2) is 0 Å². The van der Waals surface area contributed by atoms with Gasteiger partial charge in [-0.1, -0.05) is 6.92 Å². The maximum atomic E-state index is 12.6. The molecule has 0 atom stereocenters. The van der Waals surface area contributed by atoms with Crippen LogP contribution in [0.3, 0.4) is 0 Å². The van der Waals surface area contributed by atoms with Gasteiger partial charge in [-0.25, -0.2) is 8.78 Å². The summed E-state index contributed by atoms with van der Waals surface area (Å²) < 4.78 is 25.1. The third-order valence-electron chi connectivity index (χ3n) is 2.51. The number of hydrogen-bond donors (Lipinski definition) is 0. The molecule has 0 aliphatic carbocycles. The molecule has 2 aromatic heterocycles. The molecule has 0 saturated carbocycles. The predicted molar refractivity (Wildman–Crippen MR) is 61.8 cm³/mol. The zero-order valence-electron chi connectivity index (χ0n) is 9.40. The first-order valence-electron chi connectivity index (χ1n) is 5.40. The Bertz CT molecular complexity index is 512. The molecule has 0 fully saturated rings. The third kappa shape index (κ3) is 2.64. The molecule has 0 saturated heterocycles. The molecule has 2 nitrogen and oxygen atoms in total. The van der Waals surface area contributed by atoms with Crippen LogP contribution in [0.25, 0.3) is 11.3 Å². The molecule has 4 heteroatoms. The van der Waals surface area contributed by atoms with Crippen LogP contribution in [0.2, 0.25) is 0 Å². The monoisotopic (exact) mass is 234 g/mol. The lowest BCUT2D eigenvalue weighted by Crippen LogP contribution is -1.91. The Morgan fingerprint density at radius 2 is 1.88 bits per heavy atom. The van der Waals surface area contributed by atoms with Gasteiger partial charge in [-0.15, -0.1) is 0 Å². The Balaban J connectivity index is 2.41. The molecule has 2 heterocycles. The highest BCUT2D eigenvalue weighted by Crippen LogP contribution is 2.23. The van der Waals surface area contributed by atoms with Crippen LogP contribution in [-0.4, -0.2) is 9.97 Å². The average Bonchev–Trinajstić information content (AvgIpc) is 2.39. The smallest absolute Gasteiger partial charge is 0.261 e. The number of alkyl halides is 2. The van der Waals surface area contributed by atoms with Gasteiger partial charge in [-0.2, -0.15) is 0 Å². The maximum absolute atomic E-state index is 12.6. The van der Waals surface area contributed by atoms with Crippen molar-refractivity contribution < 1.29 is 8.78 Å². The molecule has 0 spiro atoms. The van der Waals surface area contributed by atoms with E-state index in [1.165, 1.54) is 18.3 Å². The SMILES string of the molecule is CCc1cc(-c2cc(C(F)F)ccn2)ccn1. The molecular weight excluding hydrogens is 222 g/mol. The van der Waals surface area contributed by atoms with Gasteiger partial charge < -0.3 is 0 Å². The first-order chi connectivity index (χ1) is 8.20. The second-order valence-corrected chi connectivity index (χ2v) is 3.66. The molecule has 17 heavy (non-hydrogen) atoms. The lowest BCUT2D eigenvalue weighted by atomic mass is 10.1. The van der Waals surface area contributed by atoms with E-state index in [0.29, 0.717) is 5.69 Å². The fourth-order valence-corrected chi connectivity index (χ4v) is 1.57. The second-order valence-electron chi connectivity index (χ2n) is 3.66. The highest BCUT2D eigenvalue weighted by Gasteiger charge is 2.09. The molecular formula is C13H12F2N2. The Labute approximate surface area is 98.4 Å². The second kappa shape index (κ2) is 4.99. The molecule has 0 N–H and O–H groups in total. The number of halogens is 2. The van der Waals surface area contributed by atoms with Crippen molar-refractivity contribution in [3.05, 3.63) is 47.9 Å². The molecule has 88 valence electrons. The third-order valence-corrected chi connectivity index (χ3v) is 2.51.